The first kappa shape index (κ1) is 24.5. The van der Waals surface area contributed by atoms with E-state index in [1.807, 2.05) is 18.5 Å². The van der Waals surface area contributed by atoms with Gasteiger partial charge in [0.15, 0.2) is 17.0 Å². The van der Waals surface area contributed by atoms with Gasteiger partial charge < -0.3 is 5.32 Å². The molecule has 4 aromatic heterocycles. The summed E-state index contributed by atoms with van der Waals surface area (Å²) in [5, 5.41) is 15.5. The van der Waals surface area contributed by atoms with E-state index < -0.39 is 17.8 Å². The molecule has 0 aliphatic carbocycles. The van der Waals surface area contributed by atoms with Crippen molar-refractivity contribution in [1.82, 2.24) is 34.2 Å². The third-order valence-electron chi connectivity index (χ3n) is 5.82. The van der Waals surface area contributed by atoms with Gasteiger partial charge in [0.25, 0.3) is 5.91 Å². The predicted octanol–water partition coefficient (Wildman–Crippen LogP) is 5.09. The number of halogens is 4. The molecule has 9 nitrogen and oxygen atoms in total. The lowest BCUT2D eigenvalue weighted by atomic mass is 10.1. The number of amides is 1. The molecule has 0 bridgehead atoms. The quantitative estimate of drug-likeness (QED) is 0.331. The van der Waals surface area contributed by atoms with E-state index in [0.717, 1.165) is 23.9 Å². The molecule has 0 unspecified atom stereocenters. The zero-order valence-corrected chi connectivity index (χ0v) is 20.4. The van der Waals surface area contributed by atoms with Gasteiger partial charge in [0.05, 0.1) is 30.3 Å². The van der Waals surface area contributed by atoms with E-state index in [4.69, 9.17) is 11.6 Å². The predicted molar refractivity (Wildman–Crippen MR) is 130 cm³/mol. The minimum absolute atomic E-state index is 0.0753. The number of alkyl halides is 3. The van der Waals surface area contributed by atoms with E-state index in [1.54, 1.807) is 41.3 Å². The van der Waals surface area contributed by atoms with Crippen LogP contribution in [-0.2, 0) is 19.3 Å². The van der Waals surface area contributed by atoms with E-state index in [9.17, 15) is 18.0 Å². The molecule has 0 atom stereocenters. The summed E-state index contributed by atoms with van der Waals surface area (Å²) in [5.74, 6) is -0.693. The number of hydrogen-bond donors (Lipinski definition) is 1. The minimum atomic E-state index is -4.73. The number of fused-ring (bicyclic) bond motifs is 1. The number of rotatable bonds is 6. The molecular formula is C24H20ClF3N8O. The van der Waals surface area contributed by atoms with Gasteiger partial charge in [-0.05, 0) is 32.0 Å². The van der Waals surface area contributed by atoms with E-state index >= 15 is 0 Å². The van der Waals surface area contributed by atoms with E-state index in [0.29, 0.717) is 27.3 Å². The number of benzene rings is 1. The normalized spacial score (nSPS) is 11.8. The Balaban J connectivity index is 1.41. The van der Waals surface area contributed by atoms with Crippen LogP contribution in [0.15, 0.2) is 55.0 Å². The van der Waals surface area contributed by atoms with Crippen molar-refractivity contribution in [3.8, 4) is 11.3 Å². The highest BCUT2D eigenvalue weighted by molar-refractivity contribution is 6.30. The SMILES string of the molecule is CCn1ncc(Cn2cc(NC(=O)c3cc4nc(-c5ccc(Cl)cc5)cc(C(F)(F)F)n4n3)cn2)c1C. The molecule has 0 aliphatic heterocycles. The number of nitrogens with one attached hydrogen (secondary N) is 1. The van der Waals surface area contributed by atoms with Crippen molar-refractivity contribution >= 4 is 28.8 Å². The summed E-state index contributed by atoms with van der Waals surface area (Å²) < 4.78 is 45.6. The highest BCUT2D eigenvalue weighted by atomic mass is 35.5. The fourth-order valence-corrected chi connectivity index (χ4v) is 4.03. The van der Waals surface area contributed by atoms with Crippen molar-refractivity contribution < 1.29 is 18.0 Å². The van der Waals surface area contributed by atoms with Gasteiger partial charge in [-0.2, -0.15) is 28.5 Å². The van der Waals surface area contributed by atoms with Crippen LogP contribution in [0.2, 0.25) is 5.02 Å². The van der Waals surface area contributed by atoms with E-state index in [2.05, 4.69) is 25.6 Å². The van der Waals surface area contributed by atoms with Gasteiger partial charge in [0, 0.05) is 40.7 Å². The van der Waals surface area contributed by atoms with E-state index in [-0.39, 0.29) is 17.0 Å². The standard InChI is InChI=1S/C24H20ClF3N8O/c1-3-35-14(2)16(10-30-35)12-34-13-18(11-29-34)31-23(37)20-9-22-32-19(15-4-6-17(25)7-5-15)8-21(24(26,27)28)36(22)33-20/h4-11,13H,3,12H2,1-2H3,(H,31,37). The molecule has 1 amide bonds. The third kappa shape index (κ3) is 4.92. The van der Waals surface area contributed by atoms with Crippen LogP contribution >= 0.6 is 11.6 Å². The Morgan fingerprint density at radius 3 is 2.54 bits per heavy atom. The van der Waals surface area contributed by atoms with Crippen molar-refractivity contribution in [3.05, 3.63) is 82.7 Å². The lowest BCUT2D eigenvalue weighted by Gasteiger charge is -2.11. The second kappa shape index (κ2) is 9.36. The maximum absolute atomic E-state index is 13.8. The average molecular weight is 529 g/mol. The summed E-state index contributed by atoms with van der Waals surface area (Å²) >= 11 is 5.89. The van der Waals surface area contributed by atoms with Crippen LogP contribution in [0.4, 0.5) is 18.9 Å². The zero-order chi connectivity index (χ0) is 26.3. The third-order valence-corrected chi connectivity index (χ3v) is 6.07. The molecule has 0 saturated carbocycles. The van der Waals surface area contributed by atoms with Gasteiger partial charge in [-0.1, -0.05) is 23.7 Å². The highest BCUT2D eigenvalue weighted by Gasteiger charge is 2.35. The smallest absolute Gasteiger partial charge is 0.318 e. The molecule has 5 aromatic rings. The van der Waals surface area contributed by atoms with Crippen molar-refractivity contribution in [2.75, 3.05) is 5.32 Å². The van der Waals surface area contributed by atoms with Crippen LogP contribution in [0, 0.1) is 6.92 Å². The van der Waals surface area contributed by atoms with Crippen molar-refractivity contribution in [3.63, 3.8) is 0 Å². The molecule has 190 valence electrons. The fourth-order valence-electron chi connectivity index (χ4n) is 3.90. The lowest BCUT2D eigenvalue weighted by molar-refractivity contribution is -0.142. The number of aryl methyl sites for hydroxylation is 1. The second-order valence-corrected chi connectivity index (χ2v) is 8.72. The Morgan fingerprint density at radius 1 is 1.11 bits per heavy atom. The Kier molecular flexibility index (Phi) is 6.20. The summed E-state index contributed by atoms with van der Waals surface area (Å²) in [6, 6.07) is 8.34. The number of hydrogen-bond acceptors (Lipinski definition) is 5. The molecule has 13 heteroatoms. The summed E-state index contributed by atoms with van der Waals surface area (Å²) in [5.41, 5.74) is 1.47. The maximum atomic E-state index is 13.8. The lowest BCUT2D eigenvalue weighted by Crippen LogP contribution is -2.15. The number of aromatic nitrogens is 7. The van der Waals surface area contributed by atoms with E-state index in [1.165, 1.54) is 12.3 Å². The molecular weight excluding hydrogens is 509 g/mol. The molecule has 37 heavy (non-hydrogen) atoms. The number of anilines is 1. The number of carbonyl (C=O) groups excluding carboxylic acids is 1. The molecule has 0 aliphatic rings. The first-order chi connectivity index (χ1) is 17.6. The largest absolute Gasteiger partial charge is 0.433 e. The molecule has 1 aromatic carbocycles. The molecule has 0 spiro atoms. The van der Waals surface area contributed by atoms with Crippen LogP contribution in [0.3, 0.4) is 0 Å². The fraction of sp³-hybridized carbons (Fsp3) is 0.208. The zero-order valence-electron chi connectivity index (χ0n) is 19.7. The first-order valence-corrected chi connectivity index (χ1v) is 11.6. The molecule has 0 saturated heterocycles. The van der Waals surface area contributed by atoms with Crippen LogP contribution in [0.1, 0.15) is 34.4 Å². The summed E-state index contributed by atoms with van der Waals surface area (Å²) in [7, 11) is 0. The molecule has 1 N–H and O–H groups in total. The maximum Gasteiger partial charge on any atom is 0.433 e. The van der Waals surface area contributed by atoms with Crippen molar-refractivity contribution in [2.24, 2.45) is 0 Å². The van der Waals surface area contributed by atoms with Gasteiger partial charge in [0.2, 0.25) is 0 Å². The Hall–Kier alpha value is -4.19. The van der Waals surface area contributed by atoms with Crippen LogP contribution in [0.25, 0.3) is 16.9 Å². The van der Waals surface area contributed by atoms with Gasteiger partial charge >= 0.3 is 6.18 Å². The summed E-state index contributed by atoms with van der Waals surface area (Å²) in [6.07, 6.45) is 0.103. The Morgan fingerprint density at radius 2 is 1.86 bits per heavy atom. The molecule has 4 heterocycles. The van der Waals surface area contributed by atoms with Crippen LogP contribution in [0.5, 0.6) is 0 Å². The molecule has 5 rings (SSSR count). The van der Waals surface area contributed by atoms with Crippen LogP contribution < -0.4 is 5.32 Å². The minimum Gasteiger partial charge on any atom is -0.318 e. The topological polar surface area (TPSA) is 94.9 Å². The summed E-state index contributed by atoms with van der Waals surface area (Å²) in [4.78, 5) is 17.1. The van der Waals surface area contributed by atoms with Crippen molar-refractivity contribution in [2.45, 2.75) is 33.1 Å². The number of nitrogens with zero attached hydrogens (tertiary/aromatic N) is 7. The first-order valence-electron chi connectivity index (χ1n) is 11.2. The molecule has 0 radical (unpaired) electrons. The summed E-state index contributed by atoms with van der Waals surface area (Å²) in [6.45, 7) is 5.15. The number of carbonyl (C=O) groups is 1. The van der Waals surface area contributed by atoms with Gasteiger partial charge in [-0.25, -0.2) is 9.50 Å². The molecule has 0 fully saturated rings. The van der Waals surface area contributed by atoms with Gasteiger partial charge in [-0.15, -0.1) is 0 Å². The van der Waals surface area contributed by atoms with Gasteiger partial charge in [-0.3, -0.25) is 14.2 Å². The average Bonchev–Trinajstić information content (AvgIpc) is 3.57. The van der Waals surface area contributed by atoms with Crippen molar-refractivity contribution in [1.29, 1.82) is 0 Å². The Bertz CT molecular complexity index is 1600. The highest BCUT2D eigenvalue weighted by Crippen LogP contribution is 2.32. The Labute approximate surface area is 213 Å². The monoisotopic (exact) mass is 528 g/mol. The van der Waals surface area contributed by atoms with Gasteiger partial charge in [0.1, 0.15) is 0 Å². The second-order valence-electron chi connectivity index (χ2n) is 8.28. The van der Waals surface area contributed by atoms with Crippen LogP contribution in [-0.4, -0.2) is 40.1 Å².